The van der Waals surface area contributed by atoms with Crippen LogP contribution in [-0.4, -0.2) is 35.6 Å². The fourth-order valence-electron chi connectivity index (χ4n) is 2.38. The summed E-state index contributed by atoms with van der Waals surface area (Å²) in [7, 11) is 0. The first kappa shape index (κ1) is 12.2. The molecule has 4 nitrogen and oxygen atoms in total. The van der Waals surface area contributed by atoms with Crippen molar-refractivity contribution in [1.82, 2.24) is 4.90 Å². The van der Waals surface area contributed by atoms with Crippen LogP contribution in [0.15, 0.2) is 23.0 Å². The van der Waals surface area contributed by atoms with E-state index >= 15 is 0 Å². The van der Waals surface area contributed by atoms with Gasteiger partial charge in [-0.15, -0.1) is 0 Å². The summed E-state index contributed by atoms with van der Waals surface area (Å²) in [6.45, 7) is 3.76. The molecular formula is C13H19NO3. The third kappa shape index (κ3) is 2.36. The van der Waals surface area contributed by atoms with E-state index in [9.17, 15) is 9.90 Å². The van der Waals surface area contributed by atoms with E-state index in [0.29, 0.717) is 5.56 Å². The minimum atomic E-state index is 0.0210. The van der Waals surface area contributed by atoms with Crippen molar-refractivity contribution >= 4 is 5.91 Å². The Morgan fingerprint density at radius 2 is 2.24 bits per heavy atom. The van der Waals surface area contributed by atoms with Crippen molar-refractivity contribution in [3.63, 3.8) is 0 Å². The van der Waals surface area contributed by atoms with Gasteiger partial charge in [0.05, 0.1) is 11.8 Å². The van der Waals surface area contributed by atoms with Gasteiger partial charge in [-0.2, -0.15) is 0 Å². The van der Waals surface area contributed by atoms with E-state index in [1.165, 1.54) is 12.5 Å². The van der Waals surface area contributed by atoms with E-state index in [1.54, 1.807) is 6.07 Å². The SMILES string of the molecule is CCC1(CO)CCN(C(=O)c2ccoc2)CC1. The van der Waals surface area contributed by atoms with Crippen LogP contribution in [-0.2, 0) is 0 Å². The Balaban J connectivity index is 1.97. The zero-order valence-electron chi connectivity index (χ0n) is 10.2. The van der Waals surface area contributed by atoms with Gasteiger partial charge in [-0.05, 0) is 30.7 Å². The zero-order valence-corrected chi connectivity index (χ0v) is 10.2. The molecule has 0 saturated carbocycles. The Morgan fingerprint density at radius 1 is 1.53 bits per heavy atom. The summed E-state index contributed by atoms with van der Waals surface area (Å²) in [6.07, 6.45) is 5.72. The molecule has 1 aromatic rings. The van der Waals surface area contributed by atoms with E-state index < -0.39 is 0 Å². The average molecular weight is 237 g/mol. The molecule has 1 aliphatic heterocycles. The lowest BCUT2D eigenvalue weighted by Gasteiger charge is -2.40. The van der Waals surface area contributed by atoms with Gasteiger partial charge in [-0.25, -0.2) is 0 Å². The Kier molecular flexibility index (Phi) is 3.52. The molecule has 0 aliphatic carbocycles. The van der Waals surface area contributed by atoms with E-state index in [1.807, 2.05) is 4.90 Å². The van der Waals surface area contributed by atoms with E-state index in [-0.39, 0.29) is 17.9 Å². The smallest absolute Gasteiger partial charge is 0.257 e. The summed E-state index contributed by atoms with van der Waals surface area (Å²) < 4.78 is 4.92. The van der Waals surface area contributed by atoms with Crippen LogP contribution < -0.4 is 0 Å². The van der Waals surface area contributed by atoms with E-state index in [0.717, 1.165) is 32.4 Å². The number of furan rings is 1. The normalized spacial score (nSPS) is 19.3. The molecule has 0 unspecified atom stereocenters. The Morgan fingerprint density at radius 3 is 2.71 bits per heavy atom. The number of amides is 1. The molecule has 17 heavy (non-hydrogen) atoms. The summed E-state index contributed by atoms with van der Waals surface area (Å²) in [5.74, 6) is 0.0291. The Hall–Kier alpha value is -1.29. The maximum Gasteiger partial charge on any atom is 0.257 e. The predicted octanol–water partition coefficient (Wildman–Crippen LogP) is 1.90. The number of rotatable bonds is 3. The van der Waals surface area contributed by atoms with Crippen LogP contribution in [0.4, 0.5) is 0 Å². The zero-order chi connectivity index (χ0) is 12.3. The molecule has 1 saturated heterocycles. The van der Waals surface area contributed by atoms with Gasteiger partial charge in [0.1, 0.15) is 6.26 Å². The van der Waals surface area contributed by atoms with Crippen molar-refractivity contribution in [2.45, 2.75) is 26.2 Å². The molecule has 1 aromatic heterocycles. The summed E-state index contributed by atoms with van der Waals surface area (Å²) >= 11 is 0. The minimum Gasteiger partial charge on any atom is -0.472 e. The molecule has 4 heteroatoms. The van der Waals surface area contributed by atoms with Crippen molar-refractivity contribution < 1.29 is 14.3 Å². The van der Waals surface area contributed by atoms with Gasteiger partial charge >= 0.3 is 0 Å². The monoisotopic (exact) mass is 237 g/mol. The molecule has 0 atom stereocenters. The van der Waals surface area contributed by atoms with Gasteiger partial charge < -0.3 is 14.4 Å². The fraction of sp³-hybridized carbons (Fsp3) is 0.615. The maximum atomic E-state index is 12.1. The number of hydrogen-bond acceptors (Lipinski definition) is 3. The van der Waals surface area contributed by atoms with Crippen LogP contribution in [0.2, 0.25) is 0 Å². The lowest BCUT2D eigenvalue weighted by molar-refractivity contribution is 0.0338. The van der Waals surface area contributed by atoms with Crippen molar-refractivity contribution in [1.29, 1.82) is 0 Å². The molecule has 2 rings (SSSR count). The summed E-state index contributed by atoms with van der Waals surface area (Å²) in [5, 5.41) is 9.43. The standard InChI is InChI=1S/C13H19NO3/c1-2-13(10-15)4-6-14(7-5-13)12(16)11-3-8-17-9-11/h3,8-9,15H,2,4-7,10H2,1H3. The van der Waals surface area contributed by atoms with Crippen LogP contribution in [0, 0.1) is 5.41 Å². The predicted molar refractivity (Wildman–Crippen MR) is 63.7 cm³/mol. The van der Waals surface area contributed by atoms with Gasteiger partial charge in [0.15, 0.2) is 0 Å². The summed E-state index contributed by atoms with van der Waals surface area (Å²) in [6, 6.07) is 1.69. The van der Waals surface area contributed by atoms with Crippen molar-refractivity contribution in [2.75, 3.05) is 19.7 Å². The molecular weight excluding hydrogens is 218 g/mol. The first-order valence-corrected chi connectivity index (χ1v) is 6.13. The van der Waals surface area contributed by atoms with Crippen molar-refractivity contribution in [3.8, 4) is 0 Å². The highest BCUT2D eigenvalue weighted by Gasteiger charge is 2.34. The molecule has 0 aromatic carbocycles. The minimum absolute atomic E-state index is 0.0210. The second-order valence-corrected chi connectivity index (χ2v) is 4.82. The van der Waals surface area contributed by atoms with Gasteiger partial charge in [-0.3, -0.25) is 4.79 Å². The van der Waals surface area contributed by atoms with Crippen LogP contribution in [0.5, 0.6) is 0 Å². The highest BCUT2D eigenvalue weighted by atomic mass is 16.3. The first-order chi connectivity index (χ1) is 8.21. The van der Waals surface area contributed by atoms with Crippen LogP contribution in [0.1, 0.15) is 36.5 Å². The number of nitrogens with zero attached hydrogens (tertiary/aromatic N) is 1. The molecule has 94 valence electrons. The molecule has 2 heterocycles. The largest absolute Gasteiger partial charge is 0.472 e. The molecule has 1 aliphatic rings. The van der Waals surface area contributed by atoms with Crippen LogP contribution in [0.25, 0.3) is 0 Å². The lowest BCUT2D eigenvalue weighted by Crippen LogP contribution is -2.44. The number of carbonyl (C=O) groups is 1. The topological polar surface area (TPSA) is 53.7 Å². The second kappa shape index (κ2) is 4.92. The molecule has 1 N–H and O–H groups in total. The van der Waals surface area contributed by atoms with Gasteiger partial charge in [-0.1, -0.05) is 6.92 Å². The summed E-state index contributed by atoms with van der Waals surface area (Å²) in [4.78, 5) is 13.9. The fourth-order valence-corrected chi connectivity index (χ4v) is 2.38. The van der Waals surface area contributed by atoms with E-state index in [4.69, 9.17) is 4.42 Å². The van der Waals surface area contributed by atoms with Crippen molar-refractivity contribution in [2.24, 2.45) is 5.41 Å². The number of carbonyl (C=O) groups excluding carboxylic acids is 1. The number of aliphatic hydroxyl groups is 1. The second-order valence-electron chi connectivity index (χ2n) is 4.82. The number of likely N-dealkylation sites (tertiary alicyclic amines) is 1. The van der Waals surface area contributed by atoms with E-state index in [2.05, 4.69) is 6.92 Å². The third-order valence-corrected chi connectivity index (χ3v) is 3.96. The molecule has 1 amide bonds. The van der Waals surface area contributed by atoms with Crippen molar-refractivity contribution in [3.05, 3.63) is 24.2 Å². The van der Waals surface area contributed by atoms with Crippen LogP contribution in [0.3, 0.4) is 0 Å². The molecule has 0 spiro atoms. The average Bonchev–Trinajstić information content (AvgIpc) is 2.92. The number of hydrogen-bond donors (Lipinski definition) is 1. The number of aliphatic hydroxyl groups excluding tert-OH is 1. The molecule has 0 bridgehead atoms. The molecule has 1 fully saturated rings. The summed E-state index contributed by atoms with van der Waals surface area (Å²) in [5.41, 5.74) is 0.630. The number of piperidine rings is 1. The van der Waals surface area contributed by atoms with Gasteiger partial charge in [0.2, 0.25) is 0 Å². The lowest BCUT2D eigenvalue weighted by atomic mass is 9.77. The third-order valence-electron chi connectivity index (χ3n) is 3.96. The van der Waals surface area contributed by atoms with Gasteiger partial charge in [0.25, 0.3) is 5.91 Å². The molecule has 0 radical (unpaired) electrons. The highest BCUT2D eigenvalue weighted by Crippen LogP contribution is 2.34. The Labute approximate surface area is 101 Å². The first-order valence-electron chi connectivity index (χ1n) is 6.13. The Bertz CT molecular complexity index is 358. The van der Waals surface area contributed by atoms with Crippen LogP contribution >= 0.6 is 0 Å². The van der Waals surface area contributed by atoms with Gasteiger partial charge in [0, 0.05) is 19.7 Å². The highest BCUT2D eigenvalue weighted by molar-refractivity contribution is 5.93. The quantitative estimate of drug-likeness (QED) is 0.873. The maximum absolute atomic E-state index is 12.1.